The first-order valence-electron chi connectivity index (χ1n) is 7.48. The lowest BCUT2D eigenvalue weighted by molar-refractivity contribution is -0.144. The summed E-state index contributed by atoms with van der Waals surface area (Å²) in [6.45, 7) is 4.58. The topological polar surface area (TPSA) is 75.8 Å². The van der Waals surface area contributed by atoms with Crippen LogP contribution in [0, 0.1) is 0 Å². The number of hydrogen-bond acceptors (Lipinski definition) is 4. The standard InChI is InChI=1S/C16H24N2O3/c1-2-18(11-14-9-6-10-21-14)12-16(17,15(19)20)13-7-4-3-5-8-13/h3-5,7-8,14H,2,6,9-12,17H2,1H3,(H,19,20). The molecule has 0 aliphatic carbocycles. The van der Waals surface area contributed by atoms with E-state index in [9.17, 15) is 9.90 Å². The van der Waals surface area contributed by atoms with Crippen LogP contribution in [0.3, 0.4) is 0 Å². The highest BCUT2D eigenvalue weighted by molar-refractivity contribution is 5.80. The van der Waals surface area contributed by atoms with E-state index in [4.69, 9.17) is 10.5 Å². The van der Waals surface area contributed by atoms with E-state index in [2.05, 4.69) is 4.90 Å². The van der Waals surface area contributed by atoms with Crippen molar-refractivity contribution < 1.29 is 14.6 Å². The minimum Gasteiger partial charge on any atom is -0.480 e. The van der Waals surface area contributed by atoms with Gasteiger partial charge >= 0.3 is 5.97 Å². The summed E-state index contributed by atoms with van der Waals surface area (Å²) in [5.41, 5.74) is 5.47. The van der Waals surface area contributed by atoms with E-state index in [1.54, 1.807) is 12.1 Å². The van der Waals surface area contributed by atoms with Gasteiger partial charge < -0.3 is 15.6 Å². The molecular weight excluding hydrogens is 268 g/mol. The zero-order chi connectivity index (χ0) is 15.3. The molecule has 2 rings (SSSR count). The molecule has 1 aliphatic heterocycles. The van der Waals surface area contributed by atoms with Crippen molar-refractivity contribution in [3.05, 3.63) is 35.9 Å². The smallest absolute Gasteiger partial charge is 0.329 e. The van der Waals surface area contributed by atoms with Crippen molar-refractivity contribution in [2.45, 2.75) is 31.4 Å². The van der Waals surface area contributed by atoms with Crippen LogP contribution in [0.4, 0.5) is 0 Å². The van der Waals surface area contributed by atoms with Gasteiger partial charge in [0.25, 0.3) is 0 Å². The second-order valence-corrected chi connectivity index (χ2v) is 5.61. The number of ether oxygens (including phenoxy) is 1. The van der Waals surface area contributed by atoms with Crippen LogP contribution in [0.2, 0.25) is 0 Å². The summed E-state index contributed by atoms with van der Waals surface area (Å²) >= 11 is 0. The van der Waals surface area contributed by atoms with Gasteiger partial charge in [-0.25, -0.2) is 4.79 Å². The van der Waals surface area contributed by atoms with E-state index in [1.165, 1.54) is 0 Å². The number of carboxylic acids is 1. The summed E-state index contributed by atoms with van der Waals surface area (Å²) in [5.74, 6) is -1.00. The van der Waals surface area contributed by atoms with E-state index in [-0.39, 0.29) is 12.6 Å². The Labute approximate surface area is 125 Å². The first kappa shape index (κ1) is 15.9. The van der Waals surface area contributed by atoms with Crippen LogP contribution in [0.15, 0.2) is 30.3 Å². The molecule has 1 aliphatic rings. The molecule has 0 radical (unpaired) electrons. The van der Waals surface area contributed by atoms with Gasteiger partial charge in [0.1, 0.15) is 0 Å². The molecule has 2 unspecified atom stereocenters. The van der Waals surface area contributed by atoms with Gasteiger partial charge in [-0.1, -0.05) is 37.3 Å². The summed E-state index contributed by atoms with van der Waals surface area (Å²) in [5, 5.41) is 9.61. The van der Waals surface area contributed by atoms with Crippen LogP contribution in [0.25, 0.3) is 0 Å². The van der Waals surface area contributed by atoms with E-state index in [0.29, 0.717) is 5.56 Å². The highest BCUT2D eigenvalue weighted by Gasteiger charge is 2.38. The summed E-state index contributed by atoms with van der Waals surface area (Å²) < 4.78 is 5.64. The molecule has 116 valence electrons. The fraction of sp³-hybridized carbons (Fsp3) is 0.562. The first-order chi connectivity index (χ1) is 10.1. The van der Waals surface area contributed by atoms with Gasteiger partial charge in [-0.3, -0.25) is 4.90 Å². The summed E-state index contributed by atoms with van der Waals surface area (Å²) in [7, 11) is 0. The molecule has 1 aromatic carbocycles. The summed E-state index contributed by atoms with van der Waals surface area (Å²) in [6.07, 6.45) is 2.30. The molecule has 5 heteroatoms. The van der Waals surface area contributed by atoms with Crippen molar-refractivity contribution in [3.63, 3.8) is 0 Å². The molecule has 0 saturated carbocycles. The largest absolute Gasteiger partial charge is 0.480 e. The third-order valence-corrected chi connectivity index (χ3v) is 4.08. The summed E-state index contributed by atoms with van der Waals surface area (Å²) in [4.78, 5) is 13.8. The number of hydrogen-bond donors (Lipinski definition) is 2. The molecular formula is C16H24N2O3. The highest BCUT2D eigenvalue weighted by atomic mass is 16.5. The molecule has 5 nitrogen and oxygen atoms in total. The van der Waals surface area contributed by atoms with Gasteiger partial charge in [0.15, 0.2) is 5.54 Å². The lowest BCUT2D eigenvalue weighted by atomic mass is 9.90. The van der Waals surface area contributed by atoms with Gasteiger partial charge in [0.05, 0.1) is 6.10 Å². The summed E-state index contributed by atoms with van der Waals surface area (Å²) in [6, 6.07) is 9.03. The number of nitrogens with zero attached hydrogens (tertiary/aromatic N) is 1. The minimum absolute atomic E-state index is 0.193. The van der Waals surface area contributed by atoms with Gasteiger partial charge in [-0.2, -0.15) is 0 Å². The highest BCUT2D eigenvalue weighted by Crippen LogP contribution is 2.21. The van der Waals surface area contributed by atoms with Crippen molar-refractivity contribution in [1.29, 1.82) is 0 Å². The first-order valence-corrected chi connectivity index (χ1v) is 7.48. The Balaban J connectivity index is 2.12. The van der Waals surface area contributed by atoms with Gasteiger partial charge in [-0.15, -0.1) is 0 Å². The molecule has 1 aromatic rings. The van der Waals surface area contributed by atoms with Crippen LogP contribution in [-0.4, -0.2) is 48.3 Å². The van der Waals surface area contributed by atoms with Crippen molar-refractivity contribution in [3.8, 4) is 0 Å². The molecule has 0 bridgehead atoms. The molecule has 0 spiro atoms. The second kappa shape index (κ2) is 7.02. The fourth-order valence-electron chi connectivity index (χ4n) is 2.75. The van der Waals surface area contributed by atoms with Gasteiger partial charge in [-0.05, 0) is 24.9 Å². The Kier molecular flexibility index (Phi) is 5.33. The lowest BCUT2D eigenvalue weighted by Crippen LogP contribution is -2.54. The van der Waals surface area contributed by atoms with E-state index in [1.807, 2.05) is 25.1 Å². The Bertz CT molecular complexity index is 460. The number of nitrogens with two attached hydrogens (primary N) is 1. The number of aliphatic carboxylic acids is 1. The zero-order valence-electron chi connectivity index (χ0n) is 12.5. The SMILES string of the molecule is CCN(CC1CCCO1)CC(N)(C(=O)O)c1ccccc1. The van der Waals surface area contributed by atoms with Crippen molar-refractivity contribution in [2.75, 3.05) is 26.2 Å². The number of benzene rings is 1. The van der Waals surface area contributed by atoms with Crippen LogP contribution >= 0.6 is 0 Å². The molecule has 1 fully saturated rings. The van der Waals surface area contributed by atoms with Crippen LogP contribution in [-0.2, 0) is 15.1 Å². The molecule has 1 saturated heterocycles. The molecule has 21 heavy (non-hydrogen) atoms. The van der Waals surface area contributed by atoms with Crippen molar-refractivity contribution in [2.24, 2.45) is 5.73 Å². The number of carboxylic acid groups (broad SMARTS) is 1. The third kappa shape index (κ3) is 3.81. The maximum absolute atomic E-state index is 11.7. The van der Waals surface area contributed by atoms with Crippen molar-refractivity contribution >= 4 is 5.97 Å². The van der Waals surface area contributed by atoms with E-state index in [0.717, 1.165) is 32.5 Å². The average molecular weight is 292 g/mol. The fourth-order valence-corrected chi connectivity index (χ4v) is 2.75. The monoisotopic (exact) mass is 292 g/mol. The van der Waals surface area contributed by atoms with Crippen molar-refractivity contribution in [1.82, 2.24) is 4.90 Å². The maximum Gasteiger partial charge on any atom is 0.329 e. The van der Waals surface area contributed by atoms with Gasteiger partial charge in [0, 0.05) is 19.7 Å². The third-order valence-electron chi connectivity index (χ3n) is 4.08. The molecule has 0 aromatic heterocycles. The second-order valence-electron chi connectivity index (χ2n) is 5.61. The van der Waals surface area contributed by atoms with Gasteiger partial charge in [0.2, 0.25) is 0 Å². The van der Waals surface area contributed by atoms with Crippen LogP contribution < -0.4 is 5.73 Å². The number of carbonyl (C=O) groups is 1. The predicted molar refractivity (Wildman–Crippen MR) is 81.0 cm³/mol. The Morgan fingerprint density at radius 3 is 2.71 bits per heavy atom. The maximum atomic E-state index is 11.7. The normalized spacial score (nSPS) is 21.4. The number of rotatable bonds is 7. The zero-order valence-corrected chi connectivity index (χ0v) is 12.5. The Morgan fingerprint density at radius 1 is 1.48 bits per heavy atom. The van der Waals surface area contributed by atoms with Crippen LogP contribution in [0.5, 0.6) is 0 Å². The van der Waals surface area contributed by atoms with E-state index >= 15 is 0 Å². The molecule has 2 atom stereocenters. The molecule has 0 amide bonds. The number of likely N-dealkylation sites (N-methyl/N-ethyl adjacent to an activating group) is 1. The molecule has 3 N–H and O–H groups in total. The molecule has 1 heterocycles. The predicted octanol–water partition coefficient (Wildman–Crippen LogP) is 1.43. The quantitative estimate of drug-likeness (QED) is 0.795. The Hall–Kier alpha value is -1.43. The average Bonchev–Trinajstić information content (AvgIpc) is 3.00. The minimum atomic E-state index is -1.39. The lowest BCUT2D eigenvalue weighted by Gasteiger charge is -2.33. The Morgan fingerprint density at radius 2 is 2.19 bits per heavy atom. The van der Waals surface area contributed by atoms with Crippen LogP contribution in [0.1, 0.15) is 25.3 Å². The van der Waals surface area contributed by atoms with E-state index < -0.39 is 11.5 Å².